The number of piperazine rings is 1. The van der Waals surface area contributed by atoms with Crippen LogP contribution < -0.4 is 11.3 Å². The van der Waals surface area contributed by atoms with E-state index in [4.69, 9.17) is 17.4 Å². The summed E-state index contributed by atoms with van der Waals surface area (Å²) in [6.45, 7) is 5.16. The summed E-state index contributed by atoms with van der Waals surface area (Å²) in [5, 5.41) is 0.796. The zero-order chi connectivity index (χ0) is 14.0. The molecule has 1 aromatic carbocycles. The average molecular weight is 283 g/mol. The third kappa shape index (κ3) is 3.27. The number of halogens is 1. The molecule has 3 N–H and O–H groups in total. The van der Waals surface area contributed by atoms with E-state index in [1.807, 2.05) is 13.0 Å². The number of rotatable bonds is 3. The van der Waals surface area contributed by atoms with Crippen molar-refractivity contribution >= 4 is 11.6 Å². The third-order valence-corrected chi connectivity index (χ3v) is 4.43. The summed E-state index contributed by atoms with van der Waals surface area (Å²) in [5.74, 6) is 5.79. The van der Waals surface area contributed by atoms with Crippen LogP contribution in [0.4, 0.5) is 0 Å². The Kier molecular flexibility index (Phi) is 4.81. The SMILES string of the molecule is Cc1ccc(C(NN)C2CN(C)CCN2C)cc1Cl. The molecule has 0 aromatic heterocycles. The van der Waals surface area contributed by atoms with Gasteiger partial charge in [0, 0.05) is 30.7 Å². The predicted molar refractivity (Wildman–Crippen MR) is 80.2 cm³/mol. The van der Waals surface area contributed by atoms with Gasteiger partial charge >= 0.3 is 0 Å². The van der Waals surface area contributed by atoms with Gasteiger partial charge in [0.2, 0.25) is 0 Å². The fourth-order valence-corrected chi connectivity index (χ4v) is 2.83. The highest BCUT2D eigenvalue weighted by Crippen LogP contribution is 2.26. The lowest BCUT2D eigenvalue weighted by atomic mass is 9.96. The van der Waals surface area contributed by atoms with Gasteiger partial charge in [-0.2, -0.15) is 0 Å². The molecule has 4 nitrogen and oxygen atoms in total. The molecule has 2 atom stereocenters. The van der Waals surface area contributed by atoms with E-state index >= 15 is 0 Å². The monoisotopic (exact) mass is 282 g/mol. The van der Waals surface area contributed by atoms with Gasteiger partial charge in [0.25, 0.3) is 0 Å². The lowest BCUT2D eigenvalue weighted by Gasteiger charge is -2.41. The van der Waals surface area contributed by atoms with E-state index in [9.17, 15) is 0 Å². The Labute approximate surface area is 120 Å². The van der Waals surface area contributed by atoms with Crippen molar-refractivity contribution in [2.24, 2.45) is 5.84 Å². The minimum absolute atomic E-state index is 0.0887. The maximum atomic E-state index is 6.23. The van der Waals surface area contributed by atoms with Crippen molar-refractivity contribution in [1.82, 2.24) is 15.2 Å². The summed E-state index contributed by atoms with van der Waals surface area (Å²) in [5.41, 5.74) is 5.20. The molecule has 1 heterocycles. The lowest BCUT2D eigenvalue weighted by Crippen LogP contribution is -2.56. The van der Waals surface area contributed by atoms with Crippen LogP contribution in [0.2, 0.25) is 5.02 Å². The molecule has 0 amide bonds. The average Bonchev–Trinajstić information content (AvgIpc) is 2.38. The largest absolute Gasteiger partial charge is 0.303 e. The molecule has 106 valence electrons. The topological polar surface area (TPSA) is 44.5 Å². The van der Waals surface area contributed by atoms with Crippen LogP contribution in [0.25, 0.3) is 0 Å². The van der Waals surface area contributed by atoms with Crippen molar-refractivity contribution in [1.29, 1.82) is 0 Å². The quantitative estimate of drug-likeness (QED) is 0.650. The molecular formula is C14H23ClN4. The summed E-state index contributed by atoms with van der Waals surface area (Å²) in [4.78, 5) is 4.70. The van der Waals surface area contributed by atoms with Crippen molar-refractivity contribution in [3.8, 4) is 0 Å². The molecule has 1 aromatic rings. The van der Waals surface area contributed by atoms with Crippen LogP contribution in [0.1, 0.15) is 17.2 Å². The second-order valence-corrected chi connectivity index (χ2v) is 5.87. The molecule has 0 spiro atoms. The van der Waals surface area contributed by atoms with E-state index in [1.165, 1.54) is 0 Å². The Balaban J connectivity index is 2.25. The van der Waals surface area contributed by atoms with Gasteiger partial charge < -0.3 is 4.90 Å². The molecule has 19 heavy (non-hydrogen) atoms. The number of likely N-dealkylation sites (N-methyl/N-ethyl adjacent to an activating group) is 2. The summed E-state index contributed by atoms with van der Waals surface area (Å²) in [6.07, 6.45) is 0. The van der Waals surface area contributed by atoms with Crippen molar-refractivity contribution in [2.75, 3.05) is 33.7 Å². The van der Waals surface area contributed by atoms with Crippen LogP contribution in [0, 0.1) is 6.92 Å². The van der Waals surface area contributed by atoms with Gasteiger partial charge in [-0.25, -0.2) is 0 Å². The van der Waals surface area contributed by atoms with E-state index < -0.39 is 0 Å². The smallest absolute Gasteiger partial charge is 0.0628 e. The van der Waals surface area contributed by atoms with Crippen molar-refractivity contribution in [2.45, 2.75) is 19.0 Å². The minimum atomic E-state index is 0.0887. The summed E-state index contributed by atoms with van der Waals surface area (Å²) in [6, 6.07) is 6.61. The maximum absolute atomic E-state index is 6.23. The van der Waals surface area contributed by atoms with Gasteiger partial charge in [0.1, 0.15) is 0 Å². The number of hydrogen-bond donors (Lipinski definition) is 2. The zero-order valence-electron chi connectivity index (χ0n) is 11.9. The number of hydrogen-bond acceptors (Lipinski definition) is 4. The molecule has 1 fully saturated rings. The van der Waals surface area contributed by atoms with Crippen LogP contribution in [0.15, 0.2) is 18.2 Å². The molecule has 1 aliphatic rings. The molecule has 2 unspecified atom stereocenters. The zero-order valence-corrected chi connectivity index (χ0v) is 12.6. The van der Waals surface area contributed by atoms with Gasteiger partial charge in [-0.15, -0.1) is 0 Å². The normalized spacial score (nSPS) is 23.5. The highest BCUT2D eigenvalue weighted by molar-refractivity contribution is 6.31. The number of nitrogens with zero attached hydrogens (tertiary/aromatic N) is 2. The Morgan fingerprint density at radius 2 is 2.11 bits per heavy atom. The molecule has 1 saturated heterocycles. The number of nitrogens with two attached hydrogens (primary N) is 1. The second-order valence-electron chi connectivity index (χ2n) is 5.46. The number of hydrazine groups is 1. The summed E-state index contributed by atoms with van der Waals surface area (Å²) < 4.78 is 0. The summed E-state index contributed by atoms with van der Waals surface area (Å²) in [7, 11) is 4.30. The number of nitrogens with one attached hydrogen (secondary N) is 1. The lowest BCUT2D eigenvalue weighted by molar-refractivity contribution is 0.0876. The fourth-order valence-electron chi connectivity index (χ4n) is 2.64. The first-order valence-electron chi connectivity index (χ1n) is 6.64. The van der Waals surface area contributed by atoms with Crippen molar-refractivity contribution in [3.05, 3.63) is 34.3 Å². The van der Waals surface area contributed by atoms with Crippen molar-refractivity contribution in [3.63, 3.8) is 0 Å². The van der Waals surface area contributed by atoms with Gasteiger partial charge in [0.05, 0.1) is 6.04 Å². The number of aryl methyl sites for hydroxylation is 1. The molecule has 0 aliphatic carbocycles. The third-order valence-electron chi connectivity index (χ3n) is 4.02. The van der Waals surface area contributed by atoms with Gasteiger partial charge in [-0.3, -0.25) is 16.2 Å². The standard InChI is InChI=1S/C14H23ClN4/c1-10-4-5-11(8-12(10)15)14(17-16)13-9-18(2)6-7-19(13)3/h4-5,8,13-14,17H,6-7,9,16H2,1-3H3. The highest BCUT2D eigenvalue weighted by atomic mass is 35.5. The van der Waals surface area contributed by atoms with Gasteiger partial charge in [-0.05, 0) is 38.2 Å². The number of benzene rings is 1. The Bertz CT molecular complexity index is 437. The predicted octanol–water partition coefficient (Wildman–Crippen LogP) is 1.40. The Morgan fingerprint density at radius 3 is 2.74 bits per heavy atom. The molecule has 5 heteroatoms. The maximum Gasteiger partial charge on any atom is 0.0628 e. The van der Waals surface area contributed by atoms with Crippen LogP contribution >= 0.6 is 11.6 Å². The van der Waals surface area contributed by atoms with E-state index in [-0.39, 0.29) is 6.04 Å². The van der Waals surface area contributed by atoms with Crippen LogP contribution in [0.3, 0.4) is 0 Å². The molecule has 0 radical (unpaired) electrons. The molecule has 1 aliphatic heterocycles. The van der Waals surface area contributed by atoms with E-state index in [0.717, 1.165) is 35.8 Å². The molecule has 0 bridgehead atoms. The van der Waals surface area contributed by atoms with Gasteiger partial charge in [-0.1, -0.05) is 23.7 Å². The van der Waals surface area contributed by atoms with Crippen LogP contribution in [-0.2, 0) is 0 Å². The first kappa shape index (κ1) is 14.8. The Hall–Kier alpha value is -0.650. The first-order valence-corrected chi connectivity index (χ1v) is 7.01. The Morgan fingerprint density at radius 1 is 1.37 bits per heavy atom. The van der Waals surface area contributed by atoms with E-state index in [1.54, 1.807) is 0 Å². The minimum Gasteiger partial charge on any atom is -0.303 e. The molecular weight excluding hydrogens is 260 g/mol. The van der Waals surface area contributed by atoms with Crippen LogP contribution in [-0.4, -0.2) is 49.6 Å². The second kappa shape index (κ2) is 6.20. The van der Waals surface area contributed by atoms with Gasteiger partial charge in [0.15, 0.2) is 0 Å². The summed E-state index contributed by atoms with van der Waals surface area (Å²) >= 11 is 6.23. The van der Waals surface area contributed by atoms with E-state index in [0.29, 0.717) is 6.04 Å². The highest BCUT2D eigenvalue weighted by Gasteiger charge is 2.30. The van der Waals surface area contributed by atoms with Crippen molar-refractivity contribution < 1.29 is 0 Å². The first-order chi connectivity index (χ1) is 9.02. The molecule has 0 saturated carbocycles. The van der Waals surface area contributed by atoms with E-state index in [2.05, 4.69) is 41.5 Å². The molecule has 2 rings (SSSR count). The fraction of sp³-hybridized carbons (Fsp3) is 0.571. The van der Waals surface area contributed by atoms with Crippen LogP contribution in [0.5, 0.6) is 0 Å².